The number of rotatable bonds is 4. The van der Waals surface area contributed by atoms with Gasteiger partial charge in [0.1, 0.15) is 17.7 Å². The molecule has 32 heavy (non-hydrogen) atoms. The highest BCUT2D eigenvalue weighted by atomic mass is 35.5. The first-order valence-corrected chi connectivity index (χ1v) is 11.0. The first kappa shape index (κ1) is 24.2. The van der Waals surface area contributed by atoms with Gasteiger partial charge in [-0.2, -0.15) is 0 Å². The van der Waals surface area contributed by atoms with E-state index < -0.39 is 23.2 Å². The predicted molar refractivity (Wildman–Crippen MR) is 123 cm³/mol. The summed E-state index contributed by atoms with van der Waals surface area (Å²) in [7, 11) is 5.33. The summed E-state index contributed by atoms with van der Waals surface area (Å²) in [4.78, 5) is 34.5. The molecule has 1 aromatic carbocycles. The molecule has 1 aliphatic rings. The summed E-state index contributed by atoms with van der Waals surface area (Å²) in [6.45, 7) is 7.80. The number of carbonyl (C=O) groups is 2. The third kappa shape index (κ3) is 4.96. The Morgan fingerprint density at radius 1 is 1.25 bits per heavy atom. The molecular weight excluding hydrogens is 433 g/mol. The van der Waals surface area contributed by atoms with Crippen LogP contribution in [0.3, 0.4) is 0 Å². The van der Waals surface area contributed by atoms with Crippen molar-refractivity contribution in [1.29, 1.82) is 0 Å². The number of carbonyl (C=O) groups excluding carboxylic acids is 2. The number of halogens is 2. The van der Waals surface area contributed by atoms with Crippen molar-refractivity contribution in [3.8, 4) is 11.4 Å². The normalized spacial score (nSPS) is 15.6. The third-order valence-corrected chi connectivity index (χ3v) is 5.93. The number of benzene rings is 1. The van der Waals surface area contributed by atoms with Crippen molar-refractivity contribution < 1.29 is 14.0 Å². The summed E-state index contributed by atoms with van der Waals surface area (Å²) in [5.74, 6) is -0.531. The molecule has 1 N–H and O–H groups in total. The van der Waals surface area contributed by atoms with Crippen LogP contribution in [0.15, 0.2) is 18.2 Å². The van der Waals surface area contributed by atoms with Gasteiger partial charge in [0.05, 0.1) is 10.7 Å². The Labute approximate surface area is 193 Å². The van der Waals surface area contributed by atoms with Gasteiger partial charge in [-0.25, -0.2) is 9.37 Å². The van der Waals surface area contributed by atoms with Crippen LogP contribution in [-0.2, 0) is 17.9 Å². The summed E-state index contributed by atoms with van der Waals surface area (Å²) >= 11 is 6.01. The number of nitrogens with one attached hydrogen (secondary N) is 1. The Morgan fingerprint density at radius 3 is 2.53 bits per heavy atom. The minimum absolute atomic E-state index is 0.000896. The molecule has 2 heterocycles. The molecule has 2 amide bonds. The molecule has 7 nitrogen and oxygen atoms in total. The van der Waals surface area contributed by atoms with Crippen molar-refractivity contribution >= 4 is 23.4 Å². The molecule has 0 bridgehead atoms. The van der Waals surface area contributed by atoms with Crippen LogP contribution in [0.1, 0.15) is 43.4 Å². The second kappa shape index (κ2) is 9.19. The van der Waals surface area contributed by atoms with Crippen LogP contribution < -0.4 is 5.32 Å². The number of imidazole rings is 1. The number of hydrogen-bond donors (Lipinski definition) is 1. The first-order chi connectivity index (χ1) is 14.9. The highest BCUT2D eigenvalue weighted by Crippen LogP contribution is 2.29. The minimum atomic E-state index is -0.713. The van der Waals surface area contributed by atoms with E-state index >= 15 is 0 Å². The van der Waals surface area contributed by atoms with Crippen molar-refractivity contribution in [2.24, 2.45) is 5.41 Å². The number of hydrogen-bond acceptors (Lipinski definition) is 4. The van der Waals surface area contributed by atoms with Crippen molar-refractivity contribution in [2.45, 2.75) is 46.3 Å². The summed E-state index contributed by atoms with van der Waals surface area (Å²) < 4.78 is 15.7. The Balaban J connectivity index is 2.07. The third-order valence-electron chi connectivity index (χ3n) is 5.64. The van der Waals surface area contributed by atoms with Gasteiger partial charge in [0, 0.05) is 32.7 Å². The molecule has 3 rings (SSSR count). The van der Waals surface area contributed by atoms with E-state index in [0.29, 0.717) is 24.5 Å². The largest absolute Gasteiger partial charge is 0.347 e. The molecule has 174 valence electrons. The van der Waals surface area contributed by atoms with E-state index in [1.165, 1.54) is 17.0 Å². The molecule has 0 radical (unpaired) electrons. The van der Waals surface area contributed by atoms with Crippen molar-refractivity contribution in [3.05, 3.63) is 40.4 Å². The zero-order chi connectivity index (χ0) is 23.8. The average Bonchev–Trinajstić information content (AvgIpc) is 2.93. The maximum atomic E-state index is 13.7. The molecule has 0 unspecified atom stereocenters. The molecule has 1 atom stereocenters. The van der Waals surface area contributed by atoms with Gasteiger partial charge in [0.2, 0.25) is 5.91 Å². The van der Waals surface area contributed by atoms with Gasteiger partial charge < -0.3 is 19.7 Å². The Morgan fingerprint density at radius 2 is 1.94 bits per heavy atom. The van der Waals surface area contributed by atoms with Gasteiger partial charge in [-0.05, 0) is 43.6 Å². The van der Waals surface area contributed by atoms with Gasteiger partial charge in [0.25, 0.3) is 5.91 Å². The van der Waals surface area contributed by atoms with Gasteiger partial charge in [-0.1, -0.05) is 32.4 Å². The monoisotopic (exact) mass is 463 g/mol. The van der Waals surface area contributed by atoms with E-state index in [-0.39, 0.29) is 16.6 Å². The fourth-order valence-electron chi connectivity index (χ4n) is 3.86. The van der Waals surface area contributed by atoms with Crippen LogP contribution in [-0.4, -0.2) is 64.9 Å². The fourth-order valence-corrected chi connectivity index (χ4v) is 4.05. The Kier molecular flexibility index (Phi) is 6.95. The minimum Gasteiger partial charge on any atom is -0.347 e. The Hall–Kier alpha value is -2.45. The number of likely N-dealkylation sites (N-methyl/N-ethyl adjacent to an activating group) is 1. The second-order valence-electron chi connectivity index (χ2n) is 9.61. The van der Waals surface area contributed by atoms with Gasteiger partial charge in [0.15, 0.2) is 5.69 Å². The molecule has 0 fully saturated rings. The molecule has 0 saturated carbocycles. The summed E-state index contributed by atoms with van der Waals surface area (Å²) in [6, 6.07) is 3.72. The second-order valence-corrected chi connectivity index (χ2v) is 10.0. The molecule has 9 heteroatoms. The molecule has 0 aliphatic carbocycles. The summed E-state index contributed by atoms with van der Waals surface area (Å²) in [6.07, 6.45) is 0.882. The number of amides is 2. The number of fused-ring (bicyclic) bond motifs is 1. The molecular formula is C23H31ClFN5O2. The lowest BCUT2D eigenvalue weighted by atomic mass is 9.85. The molecule has 2 aromatic rings. The van der Waals surface area contributed by atoms with Crippen LogP contribution in [0, 0.1) is 11.2 Å². The quantitative estimate of drug-likeness (QED) is 0.754. The van der Waals surface area contributed by atoms with Crippen LogP contribution in [0.2, 0.25) is 5.02 Å². The standard InChI is InChI=1S/C23H31ClFN5O2/c1-23(2,3)19(22(32)28(4)5)27-21(31)18-17-13-29(6)10-7-11-30(17)20(26-18)14-8-9-16(25)15(24)12-14/h8-9,12,19H,7,10-11,13H2,1-6H3,(H,27,31)/t19-/m1/s1. The number of nitrogens with zero attached hydrogens (tertiary/aromatic N) is 4. The van der Waals surface area contributed by atoms with Crippen LogP contribution in [0.25, 0.3) is 11.4 Å². The zero-order valence-electron chi connectivity index (χ0n) is 19.5. The van der Waals surface area contributed by atoms with Crippen molar-refractivity contribution in [1.82, 2.24) is 24.7 Å². The average molecular weight is 464 g/mol. The lowest BCUT2D eigenvalue weighted by Crippen LogP contribution is -2.53. The van der Waals surface area contributed by atoms with E-state index in [2.05, 4.69) is 15.2 Å². The van der Waals surface area contributed by atoms with E-state index in [4.69, 9.17) is 11.6 Å². The molecule has 1 aromatic heterocycles. The van der Waals surface area contributed by atoms with E-state index in [9.17, 15) is 14.0 Å². The molecule has 1 aliphatic heterocycles. The highest BCUT2D eigenvalue weighted by molar-refractivity contribution is 6.31. The SMILES string of the molecule is CN1CCCn2c(-c3ccc(F)c(Cl)c3)nc(C(=O)N[C@H](C(=O)N(C)C)C(C)(C)C)c2C1. The van der Waals surface area contributed by atoms with E-state index in [0.717, 1.165) is 18.7 Å². The summed E-state index contributed by atoms with van der Waals surface area (Å²) in [5, 5.41) is 2.92. The van der Waals surface area contributed by atoms with E-state index in [1.54, 1.807) is 20.2 Å². The van der Waals surface area contributed by atoms with Crippen molar-refractivity contribution in [3.63, 3.8) is 0 Å². The lowest BCUT2D eigenvalue weighted by molar-refractivity contribution is -0.133. The highest BCUT2D eigenvalue weighted by Gasteiger charge is 2.36. The van der Waals surface area contributed by atoms with Gasteiger partial charge in [-0.3, -0.25) is 9.59 Å². The van der Waals surface area contributed by atoms with Crippen LogP contribution in [0.5, 0.6) is 0 Å². The predicted octanol–water partition coefficient (Wildman–Crippen LogP) is 3.41. The molecule has 0 saturated heterocycles. The van der Waals surface area contributed by atoms with Crippen LogP contribution in [0.4, 0.5) is 4.39 Å². The lowest BCUT2D eigenvalue weighted by Gasteiger charge is -2.32. The topological polar surface area (TPSA) is 70.5 Å². The van der Waals surface area contributed by atoms with Gasteiger partial charge >= 0.3 is 0 Å². The maximum absolute atomic E-state index is 13.7. The summed E-state index contributed by atoms with van der Waals surface area (Å²) in [5.41, 5.74) is 1.19. The Bertz CT molecular complexity index is 1030. The molecule has 0 spiro atoms. The smallest absolute Gasteiger partial charge is 0.272 e. The number of aromatic nitrogens is 2. The fraction of sp³-hybridized carbons (Fsp3) is 0.522. The van der Waals surface area contributed by atoms with Crippen LogP contribution >= 0.6 is 11.6 Å². The van der Waals surface area contributed by atoms with Gasteiger partial charge in [-0.15, -0.1) is 0 Å². The zero-order valence-corrected chi connectivity index (χ0v) is 20.3. The maximum Gasteiger partial charge on any atom is 0.272 e. The first-order valence-electron chi connectivity index (χ1n) is 10.7. The van der Waals surface area contributed by atoms with E-state index in [1.807, 2.05) is 32.4 Å². The van der Waals surface area contributed by atoms with Crippen molar-refractivity contribution in [2.75, 3.05) is 27.7 Å².